The van der Waals surface area contributed by atoms with Crippen molar-refractivity contribution in [2.75, 3.05) is 13.7 Å². The number of hydrogen-bond acceptors (Lipinski definition) is 3. The maximum atomic E-state index is 9.54. The van der Waals surface area contributed by atoms with Crippen molar-refractivity contribution < 1.29 is 14.6 Å². The minimum atomic E-state index is -0.317. The van der Waals surface area contributed by atoms with Crippen molar-refractivity contribution in [1.29, 1.82) is 0 Å². The predicted molar refractivity (Wildman–Crippen MR) is 79.1 cm³/mol. The standard InChI is InChI=1S/C15H21BrO3/c1-15(2,9-17)11-7-14(19-10-5-4-6-10)13(18-3)8-12(11)16/h7-8,10,17H,4-6,9H2,1-3H3. The number of ether oxygens (including phenoxy) is 2. The fraction of sp³-hybridized carbons (Fsp3) is 0.600. The quantitative estimate of drug-likeness (QED) is 0.896. The van der Waals surface area contributed by atoms with Crippen LogP contribution in [-0.4, -0.2) is 24.9 Å². The zero-order valence-electron chi connectivity index (χ0n) is 11.7. The molecular weight excluding hydrogens is 308 g/mol. The van der Waals surface area contributed by atoms with Crippen molar-refractivity contribution >= 4 is 15.9 Å². The molecule has 0 spiro atoms. The molecule has 0 saturated heterocycles. The maximum absolute atomic E-state index is 9.54. The summed E-state index contributed by atoms with van der Waals surface area (Å²) in [5.74, 6) is 1.50. The Morgan fingerprint density at radius 2 is 2.00 bits per heavy atom. The molecule has 4 heteroatoms. The van der Waals surface area contributed by atoms with E-state index in [1.165, 1.54) is 6.42 Å². The van der Waals surface area contributed by atoms with Gasteiger partial charge in [0.05, 0.1) is 19.8 Å². The van der Waals surface area contributed by atoms with Crippen LogP contribution in [0, 0.1) is 0 Å². The van der Waals surface area contributed by atoms with Gasteiger partial charge >= 0.3 is 0 Å². The summed E-state index contributed by atoms with van der Waals surface area (Å²) in [4.78, 5) is 0. The lowest BCUT2D eigenvalue weighted by atomic mass is 9.85. The minimum absolute atomic E-state index is 0.0841. The molecule has 1 aromatic carbocycles. The number of aliphatic hydroxyl groups excluding tert-OH is 1. The molecule has 0 aromatic heterocycles. The van der Waals surface area contributed by atoms with Gasteiger partial charge < -0.3 is 14.6 Å². The second-order valence-electron chi connectivity index (χ2n) is 5.70. The van der Waals surface area contributed by atoms with Gasteiger partial charge in [0.1, 0.15) is 0 Å². The molecule has 1 N–H and O–H groups in total. The van der Waals surface area contributed by atoms with Crippen LogP contribution in [0.4, 0.5) is 0 Å². The van der Waals surface area contributed by atoms with E-state index in [9.17, 15) is 5.11 Å². The first-order valence-electron chi connectivity index (χ1n) is 6.63. The molecule has 3 nitrogen and oxygen atoms in total. The summed E-state index contributed by atoms with van der Waals surface area (Å²) in [5.41, 5.74) is 0.716. The van der Waals surface area contributed by atoms with Crippen molar-refractivity contribution in [3.8, 4) is 11.5 Å². The molecule has 0 atom stereocenters. The van der Waals surface area contributed by atoms with Gasteiger partial charge in [-0.1, -0.05) is 29.8 Å². The molecule has 1 saturated carbocycles. The van der Waals surface area contributed by atoms with E-state index in [1.807, 2.05) is 26.0 Å². The zero-order valence-corrected chi connectivity index (χ0v) is 13.3. The molecule has 0 bridgehead atoms. The van der Waals surface area contributed by atoms with Gasteiger partial charge in [0.25, 0.3) is 0 Å². The van der Waals surface area contributed by atoms with E-state index in [-0.39, 0.29) is 12.0 Å². The summed E-state index contributed by atoms with van der Waals surface area (Å²) < 4.78 is 12.3. The first-order chi connectivity index (χ1) is 8.97. The lowest BCUT2D eigenvalue weighted by molar-refractivity contribution is 0.115. The average molecular weight is 329 g/mol. The summed E-state index contributed by atoms with van der Waals surface area (Å²) in [7, 11) is 1.65. The third-order valence-electron chi connectivity index (χ3n) is 3.72. The number of halogens is 1. The first kappa shape index (κ1) is 14.7. The second kappa shape index (κ2) is 5.71. The van der Waals surface area contributed by atoms with Crippen LogP contribution in [-0.2, 0) is 5.41 Å². The van der Waals surface area contributed by atoms with Crippen LogP contribution in [0.5, 0.6) is 11.5 Å². The molecule has 0 aliphatic heterocycles. The third kappa shape index (κ3) is 3.06. The maximum Gasteiger partial charge on any atom is 0.161 e. The van der Waals surface area contributed by atoms with Crippen molar-refractivity contribution in [3.63, 3.8) is 0 Å². The Labute approximate surface area is 123 Å². The van der Waals surface area contributed by atoms with Gasteiger partial charge in [-0.05, 0) is 37.0 Å². The number of rotatable bonds is 5. The van der Waals surface area contributed by atoms with Crippen LogP contribution in [0.3, 0.4) is 0 Å². The van der Waals surface area contributed by atoms with Crippen LogP contribution < -0.4 is 9.47 Å². The number of aliphatic hydroxyl groups is 1. The highest BCUT2D eigenvalue weighted by Gasteiger charge is 2.26. The fourth-order valence-electron chi connectivity index (χ4n) is 2.06. The fourth-order valence-corrected chi connectivity index (χ4v) is 2.92. The van der Waals surface area contributed by atoms with E-state index in [4.69, 9.17) is 9.47 Å². The van der Waals surface area contributed by atoms with Crippen LogP contribution in [0.1, 0.15) is 38.7 Å². The molecule has 1 fully saturated rings. The molecule has 2 rings (SSSR count). The van der Waals surface area contributed by atoms with Gasteiger partial charge in [-0.15, -0.1) is 0 Å². The average Bonchev–Trinajstić information content (AvgIpc) is 2.34. The zero-order chi connectivity index (χ0) is 14.0. The first-order valence-corrected chi connectivity index (χ1v) is 7.43. The molecule has 19 heavy (non-hydrogen) atoms. The van der Waals surface area contributed by atoms with E-state index >= 15 is 0 Å². The van der Waals surface area contributed by atoms with Gasteiger partial charge in [-0.25, -0.2) is 0 Å². The molecule has 0 amide bonds. The van der Waals surface area contributed by atoms with E-state index in [2.05, 4.69) is 15.9 Å². The molecular formula is C15H21BrO3. The highest BCUT2D eigenvalue weighted by molar-refractivity contribution is 9.10. The van der Waals surface area contributed by atoms with Crippen molar-refractivity contribution in [2.24, 2.45) is 0 Å². The molecule has 1 aromatic rings. The summed E-state index contributed by atoms with van der Waals surface area (Å²) >= 11 is 3.55. The smallest absolute Gasteiger partial charge is 0.161 e. The molecule has 0 heterocycles. The Kier molecular flexibility index (Phi) is 4.41. The summed E-state index contributed by atoms with van der Waals surface area (Å²) in [6, 6.07) is 3.90. The van der Waals surface area contributed by atoms with Crippen molar-refractivity contribution in [2.45, 2.75) is 44.6 Å². The van der Waals surface area contributed by atoms with Gasteiger partial charge in [-0.2, -0.15) is 0 Å². The third-order valence-corrected chi connectivity index (χ3v) is 4.38. The Hall–Kier alpha value is -0.740. The topological polar surface area (TPSA) is 38.7 Å². The molecule has 0 radical (unpaired) electrons. The lowest BCUT2D eigenvalue weighted by Gasteiger charge is -2.29. The van der Waals surface area contributed by atoms with E-state index in [0.717, 1.165) is 34.4 Å². The molecule has 0 unspecified atom stereocenters. The second-order valence-corrected chi connectivity index (χ2v) is 6.55. The number of methoxy groups -OCH3 is 1. The SMILES string of the molecule is COc1cc(Br)c(C(C)(C)CO)cc1OC1CCC1. The van der Waals surface area contributed by atoms with E-state index in [0.29, 0.717) is 6.10 Å². The van der Waals surface area contributed by atoms with Gasteiger partial charge in [0.15, 0.2) is 11.5 Å². The summed E-state index contributed by atoms with van der Waals surface area (Å²) in [6.45, 7) is 4.10. The number of hydrogen-bond donors (Lipinski definition) is 1. The van der Waals surface area contributed by atoms with Crippen LogP contribution in [0.15, 0.2) is 16.6 Å². The van der Waals surface area contributed by atoms with Crippen molar-refractivity contribution in [3.05, 3.63) is 22.2 Å². The minimum Gasteiger partial charge on any atom is -0.493 e. The van der Waals surface area contributed by atoms with Gasteiger partial charge in [0, 0.05) is 9.89 Å². The van der Waals surface area contributed by atoms with Gasteiger partial charge in [-0.3, -0.25) is 0 Å². The highest BCUT2D eigenvalue weighted by Crippen LogP contribution is 2.40. The Morgan fingerprint density at radius 1 is 1.32 bits per heavy atom. The van der Waals surface area contributed by atoms with E-state index in [1.54, 1.807) is 7.11 Å². The highest BCUT2D eigenvalue weighted by atomic mass is 79.9. The van der Waals surface area contributed by atoms with Crippen LogP contribution >= 0.6 is 15.9 Å². The van der Waals surface area contributed by atoms with Crippen molar-refractivity contribution in [1.82, 2.24) is 0 Å². The molecule has 106 valence electrons. The molecule has 1 aliphatic carbocycles. The largest absolute Gasteiger partial charge is 0.493 e. The molecule has 1 aliphatic rings. The Bertz CT molecular complexity index is 453. The monoisotopic (exact) mass is 328 g/mol. The normalized spacial score (nSPS) is 16.1. The summed E-state index contributed by atoms with van der Waals surface area (Å²) in [5, 5.41) is 9.54. The Morgan fingerprint density at radius 3 is 2.47 bits per heavy atom. The van der Waals surface area contributed by atoms with Crippen LogP contribution in [0.25, 0.3) is 0 Å². The lowest BCUT2D eigenvalue weighted by Crippen LogP contribution is -2.26. The van der Waals surface area contributed by atoms with Gasteiger partial charge in [0.2, 0.25) is 0 Å². The summed E-state index contributed by atoms with van der Waals surface area (Å²) in [6.07, 6.45) is 3.76. The Balaban J connectivity index is 2.36. The number of benzene rings is 1. The predicted octanol–water partition coefficient (Wildman–Crippen LogP) is 3.66. The van der Waals surface area contributed by atoms with E-state index < -0.39 is 0 Å². The van der Waals surface area contributed by atoms with Crippen LogP contribution in [0.2, 0.25) is 0 Å².